The molecule has 1 heterocycles. The lowest BCUT2D eigenvalue weighted by Gasteiger charge is -2.36. The fourth-order valence-electron chi connectivity index (χ4n) is 1.70. The molecule has 0 aliphatic carbocycles. The summed E-state index contributed by atoms with van der Waals surface area (Å²) >= 11 is 5.33. The van der Waals surface area contributed by atoms with E-state index < -0.39 is 23.8 Å². The van der Waals surface area contributed by atoms with E-state index in [1.165, 1.54) is 4.90 Å². The van der Waals surface area contributed by atoms with E-state index in [1.54, 1.807) is 27.7 Å². The van der Waals surface area contributed by atoms with Gasteiger partial charge in [-0.2, -0.15) is 0 Å². The van der Waals surface area contributed by atoms with Crippen LogP contribution in [0.2, 0.25) is 0 Å². The van der Waals surface area contributed by atoms with Crippen LogP contribution in [0.5, 0.6) is 0 Å². The number of carbonyl (C=O) groups is 2. The Bertz CT molecular complexity index is 342. The lowest BCUT2D eigenvalue weighted by atomic mass is 10.2. The number of nitrogens with zero attached hydrogens (tertiary/aromatic N) is 1. The van der Waals surface area contributed by atoms with Gasteiger partial charge in [0.15, 0.2) is 12.2 Å². The van der Waals surface area contributed by atoms with Crippen molar-refractivity contribution in [3.63, 3.8) is 0 Å². The summed E-state index contributed by atoms with van der Waals surface area (Å²) in [6, 6.07) is -0.237. The fourth-order valence-corrected chi connectivity index (χ4v) is 1.81. The van der Waals surface area contributed by atoms with Gasteiger partial charge in [-0.3, -0.25) is 0 Å². The summed E-state index contributed by atoms with van der Waals surface area (Å²) < 4.78 is 15.4. The third-order valence-corrected chi connectivity index (χ3v) is 2.48. The lowest BCUT2D eigenvalue weighted by Crippen LogP contribution is -2.53. The second-order valence-corrected chi connectivity index (χ2v) is 5.61. The first-order valence-corrected chi connectivity index (χ1v) is 6.62. The molecular formula is C12H20ClNO5. The van der Waals surface area contributed by atoms with Gasteiger partial charge in [-0.15, -0.1) is 0 Å². The first kappa shape index (κ1) is 16.0. The van der Waals surface area contributed by atoms with Crippen LogP contribution in [0.15, 0.2) is 0 Å². The zero-order chi connectivity index (χ0) is 14.6. The van der Waals surface area contributed by atoms with E-state index in [2.05, 4.69) is 4.74 Å². The maximum atomic E-state index is 12.0. The molecule has 1 aliphatic rings. The number of esters is 1. The minimum Gasteiger partial charge on any atom is -0.447 e. The molecule has 0 unspecified atom stereocenters. The van der Waals surface area contributed by atoms with Crippen LogP contribution < -0.4 is 0 Å². The van der Waals surface area contributed by atoms with Gasteiger partial charge >= 0.3 is 12.1 Å². The SMILES string of the molecule is C[C@@H]1CN(C(=O)OC(C)(C)C)C[C@H](C(=O)OCCl)O1. The standard InChI is InChI=1S/C12H20ClNO5/c1-8-5-14(11(16)19-12(2,3)4)6-9(18-8)10(15)17-7-13/h8-9H,5-7H2,1-4H3/t8-,9-/m1/s1. The van der Waals surface area contributed by atoms with Crippen molar-refractivity contribution >= 4 is 23.7 Å². The van der Waals surface area contributed by atoms with Crippen LogP contribution in [0.3, 0.4) is 0 Å². The number of alkyl halides is 1. The number of morpholine rings is 1. The van der Waals surface area contributed by atoms with Gasteiger partial charge in [0.25, 0.3) is 0 Å². The van der Waals surface area contributed by atoms with Crippen LogP contribution >= 0.6 is 11.6 Å². The highest BCUT2D eigenvalue weighted by atomic mass is 35.5. The van der Waals surface area contributed by atoms with Gasteiger partial charge in [0.1, 0.15) is 5.60 Å². The first-order chi connectivity index (χ1) is 8.73. The van der Waals surface area contributed by atoms with Gasteiger partial charge in [0.2, 0.25) is 0 Å². The number of amides is 1. The Labute approximate surface area is 117 Å². The van der Waals surface area contributed by atoms with Crippen molar-refractivity contribution in [2.45, 2.75) is 45.5 Å². The Morgan fingerprint density at radius 3 is 2.53 bits per heavy atom. The topological polar surface area (TPSA) is 65.1 Å². The minimum absolute atomic E-state index is 0.106. The molecular weight excluding hydrogens is 274 g/mol. The highest BCUT2D eigenvalue weighted by Crippen LogP contribution is 2.16. The third-order valence-electron chi connectivity index (χ3n) is 2.37. The van der Waals surface area contributed by atoms with Crippen molar-refractivity contribution in [1.29, 1.82) is 0 Å². The zero-order valence-electron chi connectivity index (χ0n) is 11.6. The maximum absolute atomic E-state index is 12.0. The molecule has 1 amide bonds. The molecule has 0 N–H and O–H groups in total. The van der Waals surface area contributed by atoms with Crippen LogP contribution in [0.1, 0.15) is 27.7 Å². The summed E-state index contributed by atoms with van der Waals surface area (Å²) in [7, 11) is 0. The van der Waals surface area contributed by atoms with Crippen molar-refractivity contribution in [2.75, 3.05) is 19.2 Å². The van der Waals surface area contributed by atoms with Crippen LogP contribution in [0.25, 0.3) is 0 Å². The Kier molecular flexibility index (Phi) is 5.43. The molecule has 19 heavy (non-hydrogen) atoms. The van der Waals surface area contributed by atoms with Gasteiger partial charge in [0.05, 0.1) is 19.2 Å². The predicted molar refractivity (Wildman–Crippen MR) is 69.0 cm³/mol. The fraction of sp³-hybridized carbons (Fsp3) is 0.833. The smallest absolute Gasteiger partial charge is 0.410 e. The largest absolute Gasteiger partial charge is 0.447 e. The molecule has 110 valence electrons. The number of rotatable bonds is 2. The Morgan fingerprint density at radius 2 is 2.00 bits per heavy atom. The van der Waals surface area contributed by atoms with E-state index in [0.29, 0.717) is 6.54 Å². The number of ether oxygens (including phenoxy) is 3. The third kappa shape index (κ3) is 5.24. The highest BCUT2D eigenvalue weighted by molar-refractivity contribution is 6.17. The Morgan fingerprint density at radius 1 is 1.37 bits per heavy atom. The summed E-state index contributed by atoms with van der Waals surface area (Å²) in [6.07, 6.45) is -1.56. The van der Waals surface area contributed by atoms with Gasteiger partial charge in [-0.25, -0.2) is 9.59 Å². The molecule has 6 nitrogen and oxygen atoms in total. The molecule has 1 fully saturated rings. The molecule has 0 radical (unpaired) electrons. The summed E-state index contributed by atoms with van der Waals surface area (Å²) in [6.45, 7) is 7.61. The average molecular weight is 294 g/mol. The molecule has 0 aromatic rings. The van der Waals surface area contributed by atoms with Crippen LogP contribution in [0, 0.1) is 0 Å². The Hall–Kier alpha value is -1.01. The molecule has 0 saturated carbocycles. The number of hydrogen-bond acceptors (Lipinski definition) is 5. The maximum Gasteiger partial charge on any atom is 0.410 e. The number of carbonyl (C=O) groups excluding carboxylic acids is 2. The average Bonchev–Trinajstić information content (AvgIpc) is 2.26. The molecule has 7 heteroatoms. The number of halogens is 1. The number of hydrogen-bond donors (Lipinski definition) is 0. The van der Waals surface area contributed by atoms with E-state index in [1.807, 2.05) is 0 Å². The molecule has 1 saturated heterocycles. The molecule has 2 atom stereocenters. The van der Waals surface area contributed by atoms with E-state index >= 15 is 0 Å². The molecule has 0 bridgehead atoms. The molecule has 1 aliphatic heterocycles. The zero-order valence-corrected chi connectivity index (χ0v) is 12.4. The van der Waals surface area contributed by atoms with Gasteiger partial charge in [-0.1, -0.05) is 11.6 Å². The van der Waals surface area contributed by atoms with E-state index in [4.69, 9.17) is 21.1 Å². The van der Waals surface area contributed by atoms with Crippen molar-refractivity contribution in [1.82, 2.24) is 4.90 Å². The van der Waals surface area contributed by atoms with Gasteiger partial charge in [-0.05, 0) is 27.7 Å². The second-order valence-electron chi connectivity index (χ2n) is 5.39. The van der Waals surface area contributed by atoms with Gasteiger partial charge < -0.3 is 19.1 Å². The summed E-state index contributed by atoms with van der Waals surface area (Å²) in [5.41, 5.74) is -0.579. The van der Waals surface area contributed by atoms with Crippen molar-refractivity contribution in [3.8, 4) is 0 Å². The summed E-state index contributed by atoms with van der Waals surface area (Å²) in [5.74, 6) is -0.574. The van der Waals surface area contributed by atoms with Crippen molar-refractivity contribution < 1.29 is 23.8 Å². The van der Waals surface area contributed by atoms with Crippen LogP contribution in [0.4, 0.5) is 4.79 Å². The van der Waals surface area contributed by atoms with Crippen molar-refractivity contribution in [2.24, 2.45) is 0 Å². The van der Waals surface area contributed by atoms with E-state index in [-0.39, 0.29) is 18.7 Å². The van der Waals surface area contributed by atoms with Gasteiger partial charge in [0, 0.05) is 0 Å². The monoisotopic (exact) mass is 293 g/mol. The van der Waals surface area contributed by atoms with E-state index in [0.717, 1.165) is 0 Å². The Balaban J connectivity index is 2.64. The molecule has 0 spiro atoms. The second kappa shape index (κ2) is 6.43. The molecule has 0 aromatic heterocycles. The molecule has 1 rings (SSSR count). The molecule has 0 aromatic carbocycles. The summed E-state index contributed by atoms with van der Waals surface area (Å²) in [5, 5.41) is 0. The highest BCUT2D eigenvalue weighted by Gasteiger charge is 2.35. The van der Waals surface area contributed by atoms with E-state index in [9.17, 15) is 9.59 Å². The van der Waals surface area contributed by atoms with Crippen LogP contribution in [-0.2, 0) is 19.0 Å². The van der Waals surface area contributed by atoms with Crippen LogP contribution in [-0.4, -0.2) is 53.9 Å². The quantitative estimate of drug-likeness (QED) is 0.573. The lowest BCUT2D eigenvalue weighted by molar-refractivity contribution is -0.166. The normalized spacial score (nSPS) is 23.9. The first-order valence-electron chi connectivity index (χ1n) is 6.09. The summed E-state index contributed by atoms with van der Waals surface area (Å²) in [4.78, 5) is 25.0. The predicted octanol–water partition coefficient (Wildman–Crippen LogP) is 1.75. The van der Waals surface area contributed by atoms with Crippen molar-refractivity contribution in [3.05, 3.63) is 0 Å². The minimum atomic E-state index is -0.824.